The van der Waals surface area contributed by atoms with Crippen LogP contribution in [0.15, 0.2) is 12.1 Å². The van der Waals surface area contributed by atoms with E-state index in [4.69, 9.17) is 33.7 Å². The molecule has 6 heteroatoms. The van der Waals surface area contributed by atoms with Crippen molar-refractivity contribution >= 4 is 41.6 Å². The molecule has 0 saturated heterocycles. The van der Waals surface area contributed by atoms with Crippen molar-refractivity contribution in [3.05, 3.63) is 33.3 Å². The van der Waals surface area contributed by atoms with Crippen molar-refractivity contribution in [1.29, 1.82) is 0 Å². The minimum atomic E-state index is -0.248. The van der Waals surface area contributed by atoms with Crippen LogP contribution in [0.1, 0.15) is 23.6 Å². The van der Waals surface area contributed by atoms with E-state index < -0.39 is 0 Å². The fourth-order valence-corrected chi connectivity index (χ4v) is 2.70. The maximum absolute atomic E-state index is 11.6. The molecule has 0 saturated carbocycles. The van der Waals surface area contributed by atoms with E-state index in [2.05, 4.69) is 0 Å². The molecule has 1 aromatic carbocycles. The monoisotopic (exact) mass is 309 g/mol. The molecular formula is C12H14Cl3NO2. The van der Waals surface area contributed by atoms with Crippen molar-refractivity contribution in [1.82, 2.24) is 0 Å². The lowest BCUT2D eigenvalue weighted by molar-refractivity contribution is -0.146. The number of fused-ring (bicyclic) bond motifs is 1. The van der Waals surface area contributed by atoms with Crippen LogP contribution in [0.4, 0.5) is 0 Å². The third-order valence-electron chi connectivity index (χ3n) is 3.16. The molecule has 2 N–H and O–H groups in total. The average Bonchev–Trinajstić information content (AvgIpc) is 2.33. The van der Waals surface area contributed by atoms with E-state index in [0.29, 0.717) is 22.9 Å². The van der Waals surface area contributed by atoms with Gasteiger partial charge in [-0.3, -0.25) is 4.79 Å². The van der Waals surface area contributed by atoms with E-state index in [9.17, 15) is 4.79 Å². The minimum Gasteiger partial charge on any atom is -0.469 e. The van der Waals surface area contributed by atoms with E-state index in [1.807, 2.05) is 6.07 Å². The van der Waals surface area contributed by atoms with Crippen molar-refractivity contribution in [2.75, 3.05) is 7.11 Å². The Morgan fingerprint density at radius 1 is 1.44 bits per heavy atom. The van der Waals surface area contributed by atoms with Gasteiger partial charge in [0.1, 0.15) is 0 Å². The van der Waals surface area contributed by atoms with Gasteiger partial charge in [0, 0.05) is 6.04 Å². The molecule has 0 spiro atoms. The Hall–Kier alpha value is -0.480. The molecule has 2 atom stereocenters. The normalized spacial score (nSPS) is 21.8. The first-order chi connectivity index (χ1) is 8.04. The van der Waals surface area contributed by atoms with Crippen molar-refractivity contribution in [3.63, 3.8) is 0 Å². The SMILES string of the molecule is COC(=O)[C@H]1Cc2c(ccc(Cl)c2Cl)[C@H](N)C1.Cl. The van der Waals surface area contributed by atoms with Crippen LogP contribution in [-0.4, -0.2) is 13.1 Å². The third kappa shape index (κ3) is 2.75. The van der Waals surface area contributed by atoms with Crippen molar-refractivity contribution < 1.29 is 9.53 Å². The summed E-state index contributed by atoms with van der Waals surface area (Å²) >= 11 is 12.1. The van der Waals surface area contributed by atoms with E-state index in [0.717, 1.165) is 11.1 Å². The second-order valence-electron chi connectivity index (χ2n) is 4.20. The molecule has 3 nitrogen and oxygen atoms in total. The minimum absolute atomic E-state index is 0. The first-order valence-corrected chi connectivity index (χ1v) is 6.10. The zero-order valence-electron chi connectivity index (χ0n) is 9.78. The lowest BCUT2D eigenvalue weighted by atomic mass is 9.81. The molecule has 0 heterocycles. The van der Waals surface area contributed by atoms with Gasteiger partial charge in [-0.25, -0.2) is 0 Å². The van der Waals surface area contributed by atoms with Crippen LogP contribution < -0.4 is 5.73 Å². The number of hydrogen-bond acceptors (Lipinski definition) is 3. The zero-order valence-corrected chi connectivity index (χ0v) is 12.1. The van der Waals surface area contributed by atoms with Gasteiger partial charge in [0.2, 0.25) is 0 Å². The lowest BCUT2D eigenvalue weighted by Gasteiger charge is -2.28. The molecule has 0 unspecified atom stereocenters. The van der Waals surface area contributed by atoms with Gasteiger partial charge in [0.05, 0.1) is 23.1 Å². The van der Waals surface area contributed by atoms with E-state index in [-0.39, 0.29) is 30.3 Å². The number of benzene rings is 1. The first-order valence-electron chi connectivity index (χ1n) is 5.34. The second-order valence-corrected chi connectivity index (χ2v) is 4.98. The number of carbonyl (C=O) groups excluding carboxylic acids is 1. The van der Waals surface area contributed by atoms with Crippen LogP contribution in [-0.2, 0) is 16.0 Å². The maximum Gasteiger partial charge on any atom is 0.309 e. The number of esters is 1. The quantitative estimate of drug-likeness (QED) is 0.811. The highest BCUT2D eigenvalue weighted by molar-refractivity contribution is 6.42. The standard InChI is InChI=1S/C12H13Cl2NO2.ClH/c1-17-12(16)6-4-8-7(10(15)5-6)2-3-9(13)11(8)14;/h2-3,6,10H,4-5,15H2,1H3;1H/t6-,10+;/m0./s1. The summed E-state index contributed by atoms with van der Waals surface area (Å²) in [7, 11) is 1.38. The van der Waals surface area contributed by atoms with Gasteiger partial charge in [0.25, 0.3) is 0 Å². The molecule has 2 rings (SSSR count). The number of hydrogen-bond donors (Lipinski definition) is 1. The van der Waals surface area contributed by atoms with Gasteiger partial charge >= 0.3 is 5.97 Å². The number of ether oxygens (including phenoxy) is 1. The van der Waals surface area contributed by atoms with Crippen molar-refractivity contribution in [3.8, 4) is 0 Å². The Balaban J connectivity index is 0.00000162. The molecule has 0 fully saturated rings. The number of halogens is 3. The summed E-state index contributed by atoms with van der Waals surface area (Å²) in [6.45, 7) is 0. The molecule has 18 heavy (non-hydrogen) atoms. The largest absolute Gasteiger partial charge is 0.469 e. The Bertz CT molecular complexity index is 465. The van der Waals surface area contributed by atoms with Gasteiger partial charge < -0.3 is 10.5 Å². The summed E-state index contributed by atoms with van der Waals surface area (Å²) in [6, 6.07) is 3.42. The summed E-state index contributed by atoms with van der Waals surface area (Å²) in [5.41, 5.74) is 7.88. The Morgan fingerprint density at radius 3 is 2.72 bits per heavy atom. The van der Waals surface area contributed by atoms with Gasteiger partial charge in [-0.15, -0.1) is 12.4 Å². The number of carbonyl (C=O) groups is 1. The summed E-state index contributed by atoms with van der Waals surface area (Å²) in [6.07, 6.45) is 1.12. The smallest absolute Gasteiger partial charge is 0.309 e. The molecule has 1 aromatic rings. The van der Waals surface area contributed by atoms with Gasteiger partial charge in [-0.2, -0.15) is 0 Å². The maximum atomic E-state index is 11.6. The number of nitrogens with two attached hydrogens (primary N) is 1. The topological polar surface area (TPSA) is 52.3 Å². The first kappa shape index (κ1) is 15.6. The van der Waals surface area contributed by atoms with Crippen LogP contribution in [0.2, 0.25) is 10.0 Å². The lowest BCUT2D eigenvalue weighted by Crippen LogP contribution is -2.30. The van der Waals surface area contributed by atoms with Gasteiger partial charge in [-0.05, 0) is 30.0 Å². The fraction of sp³-hybridized carbons (Fsp3) is 0.417. The third-order valence-corrected chi connectivity index (χ3v) is 4.00. The Labute approximate surface area is 122 Å². The Kier molecular flexibility index (Phi) is 5.29. The number of methoxy groups -OCH3 is 1. The molecule has 0 aromatic heterocycles. The summed E-state index contributed by atoms with van der Waals surface area (Å²) < 4.78 is 4.75. The fourth-order valence-electron chi connectivity index (χ4n) is 2.27. The molecule has 0 amide bonds. The second kappa shape index (κ2) is 6.11. The van der Waals surface area contributed by atoms with E-state index >= 15 is 0 Å². The molecule has 0 aliphatic heterocycles. The highest BCUT2D eigenvalue weighted by Crippen LogP contribution is 2.39. The van der Waals surface area contributed by atoms with Crippen molar-refractivity contribution in [2.24, 2.45) is 11.7 Å². The van der Waals surface area contributed by atoms with Crippen LogP contribution in [0, 0.1) is 5.92 Å². The molecule has 1 aliphatic rings. The van der Waals surface area contributed by atoms with Gasteiger partial charge in [-0.1, -0.05) is 29.3 Å². The molecule has 100 valence electrons. The summed E-state index contributed by atoms with van der Waals surface area (Å²) in [5, 5.41) is 0.983. The van der Waals surface area contributed by atoms with Crippen LogP contribution in [0.25, 0.3) is 0 Å². The molecular weight excluding hydrogens is 296 g/mol. The van der Waals surface area contributed by atoms with Crippen LogP contribution >= 0.6 is 35.6 Å². The van der Waals surface area contributed by atoms with Crippen LogP contribution in [0.3, 0.4) is 0 Å². The summed E-state index contributed by atoms with van der Waals surface area (Å²) in [5.74, 6) is -0.486. The predicted molar refractivity (Wildman–Crippen MR) is 74.5 cm³/mol. The van der Waals surface area contributed by atoms with E-state index in [1.54, 1.807) is 6.07 Å². The van der Waals surface area contributed by atoms with E-state index in [1.165, 1.54) is 7.11 Å². The number of rotatable bonds is 1. The zero-order chi connectivity index (χ0) is 12.6. The average molecular weight is 311 g/mol. The highest BCUT2D eigenvalue weighted by atomic mass is 35.5. The Morgan fingerprint density at radius 2 is 2.11 bits per heavy atom. The molecule has 0 radical (unpaired) electrons. The highest BCUT2D eigenvalue weighted by Gasteiger charge is 2.31. The molecule has 0 bridgehead atoms. The predicted octanol–water partition coefficient (Wildman–Crippen LogP) is 3.15. The van der Waals surface area contributed by atoms with Crippen LogP contribution in [0.5, 0.6) is 0 Å². The van der Waals surface area contributed by atoms with Gasteiger partial charge in [0.15, 0.2) is 0 Å². The summed E-state index contributed by atoms with van der Waals surface area (Å²) in [4.78, 5) is 11.6. The molecule has 1 aliphatic carbocycles. The van der Waals surface area contributed by atoms with Crippen molar-refractivity contribution in [2.45, 2.75) is 18.9 Å².